The van der Waals surface area contributed by atoms with Crippen LogP contribution < -0.4 is 0 Å². The predicted molar refractivity (Wildman–Crippen MR) is 355 cm³/mol. The molecule has 0 radical (unpaired) electrons. The molecule has 0 atom stereocenters. The van der Waals surface area contributed by atoms with E-state index in [1.807, 2.05) is 48.5 Å². The van der Waals surface area contributed by atoms with Crippen LogP contribution in [0, 0.1) is 98.7 Å². The molecule has 2 fully saturated rings. The molecule has 2 aliphatic carbocycles. The Morgan fingerprint density at radius 2 is 0.591 bits per heavy atom. The molecule has 0 spiro atoms. The van der Waals surface area contributed by atoms with Gasteiger partial charge in [-0.25, -0.2) is 0 Å². The minimum Gasteiger partial charge on any atom is -0.476 e. The van der Waals surface area contributed by atoms with Gasteiger partial charge >= 0.3 is 0 Å². The van der Waals surface area contributed by atoms with Crippen LogP contribution in [0.25, 0.3) is 0 Å². The van der Waals surface area contributed by atoms with E-state index in [0.717, 1.165) is 116 Å². The lowest BCUT2D eigenvalue weighted by atomic mass is 9.80. The number of ether oxygens (including phenoxy) is 8. The third kappa shape index (κ3) is 24.0. The van der Waals surface area contributed by atoms with Gasteiger partial charge in [-0.15, -0.1) is 0 Å². The highest BCUT2D eigenvalue weighted by Gasteiger charge is 2.22. The first kappa shape index (κ1) is 67.1. The van der Waals surface area contributed by atoms with Crippen molar-refractivity contribution in [2.75, 3.05) is 40.4 Å². The molecule has 0 saturated heterocycles. The van der Waals surface area contributed by atoms with E-state index in [4.69, 9.17) is 37.9 Å². The summed E-state index contributed by atoms with van der Waals surface area (Å²) >= 11 is 0. The lowest BCUT2D eigenvalue weighted by molar-refractivity contribution is -0.0323. The van der Waals surface area contributed by atoms with Crippen LogP contribution >= 0.6 is 0 Å². The Morgan fingerprint density at radius 1 is 0.330 bits per heavy atom. The molecule has 0 heterocycles. The van der Waals surface area contributed by atoms with Crippen molar-refractivity contribution in [1.29, 1.82) is 0 Å². The molecule has 456 valence electrons. The van der Waals surface area contributed by atoms with Crippen LogP contribution in [0.1, 0.15) is 153 Å². The summed E-state index contributed by atoms with van der Waals surface area (Å²) in [6.45, 7) is 26.1. The molecule has 0 bridgehead atoms. The van der Waals surface area contributed by atoms with Crippen molar-refractivity contribution in [2.45, 2.75) is 118 Å². The number of rotatable bonds is 26. The molecule has 8 heteroatoms. The summed E-state index contributed by atoms with van der Waals surface area (Å²) in [4.78, 5) is 0. The van der Waals surface area contributed by atoms with E-state index in [1.165, 1.54) is 100 Å². The average Bonchev–Trinajstić information content (AvgIpc) is 3.25. The summed E-state index contributed by atoms with van der Waals surface area (Å²) in [6.07, 6.45) is 20.5. The van der Waals surface area contributed by atoms with Gasteiger partial charge in [0.25, 0.3) is 0 Å². The quantitative estimate of drug-likeness (QED) is 0.0230. The van der Waals surface area contributed by atoms with Crippen LogP contribution in [0.5, 0.6) is 0 Å². The molecule has 0 amide bonds. The molecular formula is C80H88O8. The second-order valence-corrected chi connectivity index (χ2v) is 22.9. The third-order valence-corrected chi connectivity index (χ3v) is 16.2. The molecule has 0 N–H and O–H groups in total. The monoisotopic (exact) mass is 1180 g/mol. The zero-order valence-electron chi connectivity index (χ0n) is 52.4. The second-order valence-electron chi connectivity index (χ2n) is 22.9. The number of aryl methyl sites for hydroxylation is 6. The van der Waals surface area contributed by atoms with E-state index in [1.54, 1.807) is 0 Å². The maximum Gasteiger partial charge on any atom is 0.188 e. The first-order valence-electron chi connectivity index (χ1n) is 30.9. The molecule has 88 heavy (non-hydrogen) atoms. The van der Waals surface area contributed by atoms with Crippen LogP contribution in [0.15, 0.2) is 173 Å². The van der Waals surface area contributed by atoms with Crippen molar-refractivity contribution in [2.24, 2.45) is 23.7 Å². The average molecular weight is 1180 g/mol. The van der Waals surface area contributed by atoms with Gasteiger partial charge in [0, 0.05) is 44.5 Å². The van der Waals surface area contributed by atoms with Crippen molar-refractivity contribution in [3.8, 4) is 47.4 Å². The van der Waals surface area contributed by atoms with Gasteiger partial charge in [-0.3, -0.25) is 0 Å². The van der Waals surface area contributed by atoms with Crippen LogP contribution in [0.3, 0.4) is 0 Å². The first-order chi connectivity index (χ1) is 43.1. The summed E-state index contributed by atoms with van der Waals surface area (Å²) in [5, 5.41) is 0. The number of benzene rings is 6. The summed E-state index contributed by atoms with van der Waals surface area (Å²) in [5.74, 6) is 29.7. The molecule has 6 aromatic rings. The van der Waals surface area contributed by atoms with Crippen molar-refractivity contribution in [3.05, 3.63) is 262 Å². The van der Waals surface area contributed by atoms with Crippen LogP contribution in [-0.4, -0.2) is 40.4 Å². The van der Waals surface area contributed by atoms with Crippen molar-refractivity contribution < 1.29 is 37.9 Å². The van der Waals surface area contributed by atoms with Crippen molar-refractivity contribution in [3.63, 3.8) is 0 Å². The van der Waals surface area contributed by atoms with E-state index in [0.29, 0.717) is 38.6 Å². The van der Waals surface area contributed by atoms with Crippen LogP contribution in [0.2, 0.25) is 0 Å². The number of hydrogen-bond acceptors (Lipinski definition) is 8. The normalized spacial score (nSPS) is 15.7. The van der Waals surface area contributed by atoms with Gasteiger partial charge in [-0.2, -0.15) is 0 Å². The molecule has 2 saturated carbocycles. The summed E-state index contributed by atoms with van der Waals surface area (Å²) < 4.78 is 42.1. The molecule has 0 aliphatic heterocycles. The highest BCUT2D eigenvalue weighted by atomic mass is 16.7. The zero-order valence-corrected chi connectivity index (χ0v) is 52.4. The predicted octanol–water partition coefficient (Wildman–Crippen LogP) is 17.2. The first-order valence-corrected chi connectivity index (χ1v) is 30.9. The van der Waals surface area contributed by atoms with E-state index in [-0.39, 0.29) is 13.6 Å². The molecular weight excluding hydrogens is 1090 g/mol. The van der Waals surface area contributed by atoms with Gasteiger partial charge in [-0.1, -0.05) is 148 Å². The minimum atomic E-state index is 0.198. The summed E-state index contributed by atoms with van der Waals surface area (Å²) in [6, 6.07) is 42.2. The van der Waals surface area contributed by atoms with Gasteiger partial charge in [0.2, 0.25) is 0 Å². The Hall–Kier alpha value is -8.44. The molecule has 0 aromatic heterocycles. The summed E-state index contributed by atoms with van der Waals surface area (Å²) in [5.41, 5.74) is 17.6. The zero-order chi connectivity index (χ0) is 62.0. The SMILES string of the molecule is C=COCOCc1ccc(C#Cc2c(C)cc(C#Cc3ccc(CCC4CCC(COCOC=C)CC4)cc3)cc2C)cc1.C=COCOCc1ccc(C#Cc2c(C)cc(C#Cc3ccc(CCC4CCC(COCOC=C)CC4)cc3)cc2C)cc1. The second kappa shape index (κ2) is 38.0. The van der Waals surface area contributed by atoms with E-state index in [9.17, 15) is 0 Å². The Balaban J connectivity index is 0.000000251. The smallest absolute Gasteiger partial charge is 0.188 e. The fourth-order valence-corrected chi connectivity index (χ4v) is 11.2. The van der Waals surface area contributed by atoms with Gasteiger partial charge in [0.1, 0.15) is 0 Å². The molecule has 0 unspecified atom stereocenters. The lowest BCUT2D eigenvalue weighted by Crippen LogP contribution is -2.19. The molecule has 6 aromatic carbocycles. The number of hydrogen-bond donors (Lipinski definition) is 0. The molecule has 8 rings (SSSR count). The molecule has 2 aliphatic rings. The highest BCUT2D eigenvalue weighted by Crippen LogP contribution is 2.33. The Kier molecular flexibility index (Phi) is 28.9. The Labute approximate surface area is 526 Å². The maximum absolute atomic E-state index is 5.58. The van der Waals surface area contributed by atoms with Gasteiger partial charge < -0.3 is 37.9 Å². The van der Waals surface area contributed by atoms with Crippen LogP contribution in [0.4, 0.5) is 0 Å². The summed E-state index contributed by atoms with van der Waals surface area (Å²) in [7, 11) is 0. The van der Waals surface area contributed by atoms with Crippen molar-refractivity contribution >= 4 is 0 Å². The Bertz CT molecular complexity index is 3130. The standard InChI is InChI=1S/2C40H44O4/c2*1-5-41-29-43-27-37-18-13-35(14-19-37)12-9-33-7-10-34(11-8-33)17-22-39-25-31(3)40(32(4)26-39)24-23-36-15-20-38(21-16-36)28-44-30-42-6-2/h2*5-8,10-11,15-16,20-21,25-26,35,37H,1-2,9,12-14,18-19,27-30H2,3-4H3. The van der Waals surface area contributed by atoms with Crippen LogP contribution in [-0.2, 0) is 64.0 Å². The largest absolute Gasteiger partial charge is 0.476 e. The van der Waals surface area contributed by atoms with Crippen molar-refractivity contribution in [1.82, 2.24) is 0 Å². The Morgan fingerprint density at radius 3 is 0.898 bits per heavy atom. The third-order valence-electron chi connectivity index (χ3n) is 16.2. The fraction of sp³-hybridized carbons (Fsp3) is 0.350. The topological polar surface area (TPSA) is 73.8 Å². The minimum absolute atomic E-state index is 0.198. The van der Waals surface area contributed by atoms with Gasteiger partial charge in [-0.05, 0) is 220 Å². The fourth-order valence-electron chi connectivity index (χ4n) is 11.2. The highest BCUT2D eigenvalue weighted by molar-refractivity contribution is 5.57. The lowest BCUT2D eigenvalue weighted by Gasteiger charge is -2.28. The van der Waals surface area contributed by atoms with E-state index < -0.39 is 0 Å². The maximum atomic E-state index is 5.58. The van der Waals surface area contributed by atoms with Gasteiger partial charge in [0.05, 0.1) is 51.5 Å². The molecule has 8 nitrogen and oxygen atoms in total. The van der Waals surface area contributed by atoms with Gasteiger partial charge in [0.15, 0.2) is 27.2 Å². The van der Waals surface area contributed by atoms with E-state index >= 15 is 0 Å². The van der Waals surface area contributed by atoms with E-state index in [2.05, 4.69) is 174 Å².